The summed E-state index contributed by atoms with van der Waals surface area (Å²) in [6.07, 6.45) is 0.828. The second-order valence-corrected chi connectivity index (χ2v) is 6.19. The molecule has 0 bridgehead atoms. The summed E-state index contributed by atoms with van der Waals surface area (Å²) in [5.41, 5.74) is 4.36. The Morgan fingerprint density at radius 2 is 1.95 bits per heavy atom. The number of aliphatic hydroxyl groups is 2. The van der Waals surface area contributed by atoms with Gasteiger partial charge in [0.1, 0.15) is 5.60 Å². The number of likely N-dealkylation sites (tertiary alicyclic amines) is 1. The molecule has 0 aromatic carbocycles. The third-order valence-electron chi connectivity index (χ3n) is 3.41. The van der Waals surface area contributed by atoms with Crippen molar-refractivity contribution in [3.8, 4) is 0 Å². The largest absolute Gasteiger partial charge is 0.444 e. The Labute approximate surface area is 114 Å². The first kappa shape index (κ1) is 16.2. The van der Waals surface area contributed by atoms with Crippen LogP contribution in [0.2, 0.25) is 0 Å². The van der Waals surface area contributed by atoms with Crippen molar-refractivity contribution in [3.63, 3.8) is 0 Å². The van der Waals surface area contributed by atoms with Gasteiger partial charge in [-0.15, -0.1) is 0 Å². The summed E-state index contributed by atoms with van der Waals surface area (Å²) in [6.45, 7) is 6.27. The number of piperidine rings is 1. The van der Waals surface area contributed by atoms with Crippen LogP contribution in [-0.4, -0.2) is 58.1 Å². The second kappa shape index (κ2) is 6.07. The SMILES string of the molecule is CC(C)(C)OC(=O)N1CCC(O)(C(N)CCO)CC1. The lowest BCUT2D eigenvalue weighted by Gasteiger charge is -2.41. The van der Waals surface area contributed by atoms with Crippen LogP contribution in [0.5, 0.6) is 0 Å². The van der Waals surface area contributed by atoms with E-state index in [1.54, 1.807) is 4.90 Å². The fourth-order valence-electron chi connectivity index (χ4n) is 2.18. The van der Waals surface area contributed by atoms with Gasteiger partial charge in [-0.3, -0.25) is 0 Å². The fraction of sp³-hybridized carbons (Fsp3) is 0.923. The number of amides is 1. The van der Waals surface area contributed by atoms with Crippen LogP contribution < -0.4 is 5.73 Å². The zero-order valence-corrected chi connectivity index (χ0v) is 12.1. The summed E-state index contributed by atoms with van der Waals surface area (Å²) in [4.78, 5) is 13.5. The van der Waals surface area contributed by atoms with E-state index in [4.69, 9.17) is 15.6 Å². The molecule has 0 radical (unpaired) electrons. The van der Waals surface area contributed by atoms with Crippen LogP contribution in [0.3, 0.4) is 0 Å². The van der Waals surface area contributed by atoms with E-state index in [0.29, 0.717) is 32.4 Å². The average Bonchev–Trinajstić information content (AvgIpc) is 2.27. The zero-order chi connectivity index (χ0) is 14.7. The minimum Gasteiger partial charge on any atom is -0.444 e. The van der Waals surface area contributed by atoms with Crippen molar-refractivity contribution >= 4 is 6.09 Å². The lowest BCUT2D eigenvalue weighted by Crippen LogP contribution is -2.56. The highest BCUT2D eigenvalue weighted by Gasteiger charge is 2.39. The van der Waals surface area contributed by atoms with Crippen LogP contribution in [-0.2, 0) is 4.74 Å². The Bertz CT molecular complexity index is 306. The molecule has 19 heavy (non-hydrogen) atoms. The van der Waals surface area contributed by atoms with Gasteiger partial charge < -0.3 is 25.6 Å². The van der Waals surface area contributed by atoms with Crippen LogP contribution in [0.15, 0.2) is 0 Å². The molecule has 1 heterocycles. The van der Waals surface area contributed by atoms with E-state index >= 15 is 0 Å². The number of hydrogen-bond donors (Lipinski definition) is 3. The van der Waals surface area contributed by atoms with Crippen LogP contribution in [0, 0.1) is 0 Å². The van der Waals surface area contributed by atoms with Crippen molar-refractivity contribution < 1.29 is 19.7 Å². The van der Waals surface area contributed by atoms with Crippen LogP contribution in [0.1, 0.15) is 40.0 Å². The Hall–Kier alpha value is -0.850. The van der Waals surface area contributed by atoms with Gasteiger partial charge in [-0.05, 0) is 40.0 Å². The third kappa shape index (κ3) is 4.63. The fourth-order valence-corrected chi connectivity index (χ4v) is 2.18. The van der Waals surface area contributed by atoms with Crippen LogP contribution in [0.4, 0.5) is 4.79 Å². The van der Waals surface area contributed by atoms with E-state index in [-0.39, 0.29) is 12.7 Å². The molecular weight excluding hydrogens is 248 g/mol. The molecule has 1 saturated heterocycles. The van der Waals surface area contributed by atoms with Crippen molar-refractivity contribution in [1.29, 1.82) is 0 Å². The van der Waals surface area contributed by atoms with E-state index in [2.05, 4.69) is 0 Å². The molecule has 112 valence electrons. The highest BCUT2D eigenvalue weighted by atomic mass is 16.6. The molecule has 6 nitrogen and oxygen atoms in total. The van der Waals surface area contributed by atoms with Crippen molar-refractivity contribution in [1.82, 2.24) is 4.90 Å². The summed E-state index contributed by atoms with van der Waals surface area (Å²) in [7, 11) is 0. The smallest absolute Gasteiger partial charge is 0.410 e. The summed E-state index contributed by atoms with van der Waals surface area (Å²) in [5.74, 6) is 0. The van der Waals surface area contributed by atoms with Gasteiger partial charge in [0.05, 0.1) is 5.60 Å². The van der Waals surface area contributed by atoms with Gasteiger partial charge >= 0.3 is 6.09 Å². The third-order valence-corrected chi connectivity index (χ3v) is 3.41. The molecule has 0 aromatic rings. The van der Waals surface area contributed by atoms with E-state index < -0.39 is 17.2 Å². The molecule has 1 aliphatic heterocycles. The predicted molar refractivity (Wildman–Crippen MR) is 71.7 cm³/mol. The maximum absolute atomic E-state index is 11.9. The molecule has 1 rings (SSSR count). The standard InChI is InChI=1S/C13H26N2O4/c1-12(2,3)19-11(17)15-7-5-13(18,6-8-15)10(14)4-9-16/h10,16,18H,4-9,14H2,1-3H3. The molecule has 0 aliphatic carbocycles. The summed E-state index contributed by atoms with van der Waals surface area (Å²) in [6, 6.07) is -0.460. The van der Waals surface area contributed by atoms with Gasteiger partial charge in [-0.25, -0.2) is 4.79 Å². The monoisotopic (exact) mass is 274 g/mol. The minimum atomic E-state index is -0.999. The van der Waals surface area contributed by atoms with Gasteiger partial charge in [-0.2, -0.15) is 0 Å². The first-order valence-electron chi connectivity index (χ1n) is 6.75. The summed E-state index contributed by atoms with van der Waals surface area (Å²) >= 11 is 0. The van der Waals surface area contributed by atoms with Crippen molar-refractivity contribution in [3.05, 3.63) is 0 Å². The van der Waals surface area contributed by atoms with Crippen LogP contribution in [0.25, 0.3) is 0 Å². The molecule has 0 saturated carbocycles. The number of hydrogen-bond acceptors (Lipinski definition) is 5. The van der Waals surface area contributed by atoms with E-state index in [1.807, 2.05) is 20.8 Å². The summed E-state index contributed by atoms with van der Waals surface area (Å²) < 4.78 is 5.29. The number of carbonyl (C=O) groups excluding carboxylic acids is 1. The Morgan fingerprint density at radius 1 is 1.42 bits per heavy atom. The normalized spacial score (nSPS) is 21.1. The Morgan fingerprint density at radius 3 is 2.37 bits per heavy atom. The molecule has 4 N–H and O–H groups in total. The first-order chi connectivity index (χ1) is 8.68. The predicted octanol–water partition coefficient (Wildman–Crippen LogP) is 0.458. The van der Waals surface area contributed by atoms with Crippen molar-refractivity contribution in [2.45, 2.75) is 57.3 Å². The van der Waals surface area contributed by atoms with E-state index in [9.17, 15) is 9.90 Å². The topological polar surface area (TPSA) is 96.0 Å². The van der Waals surface area contributed by atoms with Gasteiger partial charge in [-0.1, -0.05) is 0 Å². The quantitative estimate of drug-likeness (QED) is 0.695. The number of aliphatic hydroxyl groups excluding tert-OH is 1. The van der Waals surface area contributed by atoms with Gasteiger partial charge in [0.25, 0.3) is 0 Å². The van der Waals surface area contributed by atoms with E-state index in [0.717, 1.165) is 0 Å². The molecule has 0 spiro atoms. The van der Waals surface area contributed by atoms with Crippen molar-refractivity contribution in [2.75, 3.05) is 19.7 Å². The highest BCUT2D eigenvalue weighted by molar-refractivity contribution is 5.68. The molecule has 1 aliphatic rings. The lowest BCUT2D eigenvalue weighted by atomic mass is 9.83. The molecule has 1 amide bonds. The van der Waals surface area contributed by atoms with Crippen LogP contribution >= 0.6 is 0 Å². The van der Waals surface area contributed by atoms with Crippen molar-refractivity contribution in [2.24, 2.45) is 5.73 Å². The first-order valence-corrected chi connectivity index (χ1v) is 6.75. The molecule has 1 unspecified atom stereocenters. The Kier molecular flexibility index (Phi) is 5.18. The molecule has 0 aromatic heterocycles. The number of rotatable bonds is 3. The van der Waals surface area contributed by atoms with Gasteiger partial charge in [0.15, 0.2) is 0 Å². The molecule has 1 atom stereocenters. The molecule has 1 fully saturated rings. The maximum Gasteiger partial charge on any atom is 0.410 e. The molecule has 6 heteroatoms. The number of carbonyl (C=O) groups is 1. The minimum absolute atomic E-state index is 0.0424. The van der Waals surface area contributed by atoms with Gasteiger partial charge in [0, 0.05) is 25.7 Å². The summed E-state index contributed by atoms with van der Waals surface area (Å²) in [5, 5.41) is 19.3. The number of nitrogens with zero attached hydrogens (tertiary/aromatic N) is 1. The number of ether oxygens (including phenoxy) is 1. The lowest BCUT2D eigenvalue weighted by molar-refractivity contribution is -0.0504. The van der Waals surface area contributed by atoms with Gasteiger partial charge in [0.2, 0.25) is 0 Å². The van der Waals surface area contributed by atoms with E-state index in [1.165, 1.54) is 0 Å². The Balaban J connectivity index is 2.50. The number of nitrogens with two attached hydrogens (primary N) is 1. The second-order valence-electron chi connectivity index (χ2n) is 6.19. The zero-order valence-electron chi connectivity index (χ0n) is 12.1. The average molecular weight is 274 g/mol. The highest BCUT2D eigenvalue weighted by Crippen LogP contribution is 2.27. The molecular formula is C13H26N2O4. The maximum atomic E-state index is 11.9.